The molecule has 0 unspecified atom stereocenters. The Morgan fingerprint density at radius 3 is 2.91 bits per heavy atom. The fourth-order valence-corrected chi connectivity index (χ4v) is 3.31. The molecule has 0 bridgehead atoms. The van der Waals surface area contributed by atoms with Gasteiger partial charge in [0.05, 0.1) is 12.0 Å². The van der Waals surface area contributed by atoms with Gasteiger partial charge in [-0.15, -0.1) is 0 Å². The number of hydrogen-bond acceptors (Lipinski definition) is 6. The molecule has 6 nitrogen and oxygen atoms in total. The number of nitrogens with one attached hydrogen (secondary N) is 1. The zero-order valence-corrected chi connectivity index (χ0v) is 13.9. The van der Waals surface area contributed by atoms with Gasteiger partial charge >= 0.3 is 5.97 Å². The summed E-state index contributed by atoms with van der Waals surface area (Å²) in [5.74, 6) is 1.36. The maximum absolute atomic E-state index is 12.3. The van der Waals surface area contributed by atoms with Crippen molar-refractivity contribution in [3.8, 4) is 0 Å². The van der Waals surface area contributed by atoms with E-state index in [1.165, 1.54) is 25.6 Å². The van der Waals surface area contributed by atoms with Crippen LogP contribution in [0.5, 0.6) is 0 Å². The van der Waals surface area contributed by atoms with E-state index in [0.29, 0.717) is 46.8 Å². The predicted molar refractivity (Wildman–Crippen MR) is 87.5 cm³/mol. The number of esters is 1. The molecule has 124 valence electrons. The van der Waals surface area contributed by atoms with Crippen LogP contribution < -0.4 is 5.32 Å². The highest BCUT2D eigenvalue weighted by atomic mass is 16.5. The number of furan rings is 1. The van der Waals surface area contributed by atoms with Crippen molar-refractivity contribution in [1.82, 2.24) is 9.97 Å². The number of rotatable bonds is 4. The van der Waals surface area contributed by atoms with E-state index in [0.717, 1.165) is 6.42 Å². The second-order valence-corrected chi connectivity index (χ2v) is 6.17. The van der Waals surface area contributed by atoms with E-state index < -0.39 is 5.97 Å². The number of aryl methyl sites for hydroxylation is 1. The van der Waals surface area contributed by atoms with Gasteiger partial charge < -0.3 is 14.5 Å². The summed E-state index contributed by atoms with van der Waals surface area (Å²) in [7, 11) is 0. The minimum Gasteiger partial charge on any atom is -0.462 e. The minimum absolute atomic E-state index is 0.320. The Kier molecular flexibility index (Phi) is 4.50. The van der Waals surface area contributed by atoms with E-state index in [2.05, 4.69) is 22.2 Å². The smallest absolute Gasteiger partial charge is 0.342 e. The SMILES string of the molecule is CCOC(=O)c1c(C)oc2ncnc(N[C@@H]3CCCC[C@H]3C)c12. The van der Waals surface area contributed by atoms with Crippen LogP contribution in [0.1, 0.15) is 55.6 Å². The largest absolute Gasteiger partial charge is 0.462 e. The summed E-state index contributed by atoms with van der Waals surface area (Å²) in [6.07, 6.45) is 6.28. The van der Waals surface area contributed by atoms with E-state index in [1.807, 2.05) is 0 Å². The highest BCUT2D eigenvalue weighted by Gasteiger charge is 2.27. The van der Waals surface area contributed by atoms with Gasteiger partial charge in [0.1, 0.15) is 23.5 Å². The molecule has 1 saturated carbocycles. The number of carbonyl (C=O) groups excluding carboxylic acids is 1. The second kappa shape index (κ2) is 6.56. The number of aromatic nitrogens is 2. The minimum atomic E-state index is -0.390. The average molecular weight is 317 g/mol. The van der Waals surface area contributed by atoms with Crippen molar-refractivity contribution in [3.05, 3.63) is 17.7 Å². The Hall–Kier alpha value is -2.11. The molecular weight excluding hydrogens is 294 g/mol. The molecular formula is C17H23N3O3. The molecule has 2 aromatic heterocycles. The average Bonchev–Trinajstić information content (AvgIpc) is 2.87. The Morgan fingerprint density at radius 2 is 2.17 bits per heavy atom. The first-order valence-electron chi connectivity index (χ1n) is 8.29. The molecule has 2 heterocycles. The maximum Gasteiger partial charge on any atom is 0.342 e. The third-order valence-corrected chi connectivity index (χ3v) is 4.58. The molecule has 0 spiro atoms. The van der Waals surface area contributed by atoms with Gasteiger partial charge in [-0.25, -0.2) is 14.8 Å². The summed E-state index contributed by atoms with van der Waals surface area (Å²) in [6, 6.07) is 0.354. The lowest BCUT2D eigenvalue weighted by Gasteiger charge is -2.30. The van der Waals surface area contributed by atoms with E-state index in [-0.39, 0.29) is 0 Å². The molecule has 0 saturated heterocycles. The first-order valence-corrected chi connectivity index (χ1v) is 8.29. The van der Waals surface area contributed by atoms with Crippen LogP contribution in [-0.2, 0) is 4.74 Å². The molecule has 1 aliphatic carbocycles. The van der Waals surface area contributed by atoms with Gasteiger partial charge in [0, 0.05) is 6.04 Å². The molecule has 3 rings (SSSR count). The standard InChI is InChI=1S/C17H23N3O3/c1-4-22-17(21)13-11(3)23-16-14(13)15(18-9-19-16)20-12-8-6-5-7-10(12)2/h9-10,12H,4-8H2,1-3H3,(H,18,19,20)/t10-,12-/m1/s1. The summed E-state index contributed by atoms with van der Waals surface area (Å²) in [5, 5.41) is 4.13. The topological polar surface area (TPSA) is 77.2 Å². The van der Waals surface area contributed by atoms with E-state index in [4.69, 9.17) is 9.15 Å². The van der Waals surface area contributed by atoms with Crippen molar-refractivity contribution >= 4 is 22.9 Å². The van der Waals surface area contributed by atoms with Crippen LogP contribution in [0.15, 0.2) is 10.7 Å². The molecule has 2 atom stereocenters. The molecule has 0 amide bonds. The normalized spacial score (nSPS) is 21.3. The maximum atomic E-state index is 12.3. The van der Waals surface area contributed by atoms with Gasteiger partial charge in [-0.05, 0) is 32.6 Å². The van der Waals surface area contributed by atoms with E-state index in [1.54, 1.807) is 13.8 Å². The molecule has 1 aliphatic rings. The Balaban J connectivity index is 2.01. The third kappa shape index (κ3) is 3.02. The van der Waals surface area contributed by atoms with Crippen molar-refractivity contribution < 1.29 is 13.9 Å². The first kappa shape index (κ1) is 15.8. The quantitative estimate of drug-likeness (QED) is 0.866. The van der Waals surface area contributed by atoms with Crippen LogP contribution in [0.25, 0.3) is 11.1 Å². The lowest BCUT2D eigenvalue weighted by Crippen LogP contribution is -2.30. The van der Waals surface area contributed by atoms with Crippen molar-refractivity contribution in [3.63, 3.8) is 0 Å². The summed E-state index contributed by atoms with van der Waals surface area (Å²) in [4.78, 5) is 20.8. The van der Waals surface area contributed by atoms with Gasteiger partial charge in [-0.2, -0.15) is 0 Å². The van der Waals surface area contributed by atoms with Crippen LogP contribution >= 0.6 is 0 Å². The van der Waals surface area contributed by atoms with Crippen LogP contribution in [0.4, 0.5) is 5.82 Å². The number of anilines is 1. The lowest BCUT2D eigenvalue weighted by molar-refractivity contribution is 0.0526. The van der Waals surface area contributed by atoms with Gasteiger partial charge in [-0.1, -0.05) is 19.8 Å². The number of fused-ring (bicyclic) bond motifs is 1. The van der Waals surface area contributed by atoms with E-state index >= 15 is 0 Å². The van der Waals surface area contributed by atoms with Crippen LogP contribution in [-0.4, -0.2) is 28.6 Å². The van der Waals surface area contributed by atoms with Gasteiger partial charge in [0.2, 0.25) is 5.71 Å². The highest BCUT2D eigenvalue weighted by molar-refractivity contribution is 6.07. The summed E-state index contributed by atoms with van der Waals surface area (Å²) in [6.45, 7) is 6.11. The monoisotopic (exact) mass is 317 g/mol. The molecule has 0 aliphatic heterocycles. The van der Waals surface area contributed by atoms with E-state index in [9.17, 15) is 4.79 Å². The van der Waals surface area contributed by atoms with Gasteiger partial charge in [-0.3, -0.25) is 0 Å². The van der Waals surface area contributed by atoms with Crippen molar-refractivity contribution in [2.75, 3.05) is 11.9 Å². The van der Waals surface area contributed by atoms with Crippen LogP contribution in [0.3, 0.4) is 0 Å². The predicted octanol–water partition coefficient (Wildman–Crippen LogP) is 3.70. The molecule has 0 aromatic carbocycles. The lowest BCUT2D eigenvalue weighted by atomic mass is 9.86. The van der Waals surface area contributed by atoms with Gasteiger partial charge in [0.25, 0.3) is 0 Å². The molecule has 2 aromatic rings. The van der Waals surface area contributed by atoms with Crippen molar-refractivity contribution in [2.24, 2.45) is 5.92 Å². The first-order chi connectivity index (χ1) is 11.1. The fraction of sp³-hybridized carbons (Fsp3) is 0.588. The number of carbonyl (C=O) groups is 1. The number of hydrogen-bond donors (Lipinski definition) is 1. The number of nitrogens with zero attached hydrogens (tertiary/aromatic N) is 2. The van der Waals surface area contributed by atoms with Crippen molar-refractivity contribution in [2.45, 2.75) is 52.5 Å². The zero-order valence-electron chi connectivity index (χ0n) is 13.9. The number of ether oxygens (including phenoxy) is 1. The Morgan fingerprint density at radius 1 is 1.39 bits per heavy atom. The molecule has 0 radical (unpaired) electrons. The zero-order chi connectivity index (χ0) is 16.4. The molecule has 1 N–H and O–H groups in total. The van der Waals surface area contributed by atoms with Gasteiger partial charge in [0.15, 0.2) is 0 Å². The Labute approximate surface area is 135 Å². The Bertz CT molecular complexity index is 710. The second-order valence-electron chi connectivity index (χ2n) is 6.17. The summed E-state index contributed by atoms with van der Waals surface area (Å²) >= 11 is 0. The van der Waals surface area contributed by atoms with Crippen LogP contribution in [0.2, 0.25) is 0 Å². The molecule has 6 heteroatoms. The fourth-order valence-electron chi connectivity index (χ4n) is 3.31. The van der Waals surface area contributed by atoms with Crippen molar-refractivity contribution in [1.29, 1.82) is 0 Å². The summed E-state index contributed by atoms with van der Waals surface area (Å²) < 4.78 is 10.8. The molecule has 23 heavy (non-hydrogen) atoms. The highest BCUT2D eigenvalue weighted by Crippen LogP contribution is 2.32. The van der Waals surface area contributed by atoms with Crippen LogP contribution in [0, 0.1) is 12.8 Å². The molecule has 1 fully saturated rings. The summed E-state index contributed by atoms with van der Waals surface area (Å²) in [5.41, 5.74) is 0.847. The third-order valence-electron chi connectivity index (χ3n) is 4.58.